The van der Waals surface area contributed by atoms with Crippen LogP contribution in [0.5, 0.6) is 0 Å². The topological polar surface area (TPSA) is 123 Å². The molecular weight excluding hydrogens is 396 g/mol. The Labute approximate surface area is 170 Å². The molecule has 145 valence electrons. The molecule has 7 nitrogen and oxygen atoms in total. The molecule has 0 amide bonds. The summed E-state index contributed by atoms with van der Waals surface area (Å²) in [6, 6.07) is 9.03. The molecule has 0 spiro atoms. The summed E-state index contributed by atoms with van der Waals surface area (Å²) in [7, 11) is 0. The molecule has 3 atom stereocenters. The minimum absolute atomic E-state index is 0. The normalized spacial score (nSPS) is 11.4. The molecule has 1 rings (SSSR count). The van der Waals surface area contributed by atoms with Gasteiger partial charge in [-0.3, -0.25) is 4.79 Å². The van der Waals surface area contributed by atoms with E-state index in [0.29, 0.717) is 5.56 Å². The number of ketones is 1. The number of carbonyl (C=O) groups excluding carboxylic acids is 2. The fraction of sp³-hybridized carbons (Fsp3) is 0.263. The van der Waals surface area contributed by atoms with Gasteiger partial charge in [0, 0.05) is 35.8 Å². The summed E-state index contributed by atoms with van der Waals surface area (Å²) in [5.74, 6) is -0.740. The fourth-order valence-corrected chi connectivity index (χ4v) is 1.67. The largest absolute Gasteiger partial charge is 0 e. The zero-order valence-corrected chi connectivity index (χ0v) is 15.7. The SMILES string of the molecule is C[C@H](C(=O)[CH][CH][CH][C@H](C)O[C-]=O)[C@@H](O)c1ccccc1.[C-]#[O+].[C-]#[O+].[C-]#[O+].[Fe]. The van der Waals surface area contributed by atoms with E-state index in [-0.39, 0.29) is 22.9 Å². The van der Waals surface area contributed by atoms with Crippen molar-refractivity contribution < 1.29 is 50.5 Å². The summed E-state index contributed by atoms with van der Waals surface area (Å²) in [6.07, 6.45) is 3.15. The predicted octanol–water partition coefficient (Wildman–Crippen LogP) is 1.90. The van der Waals surface area contributed by atoms with E-state index in [4.69, 9.17) is 14.0 Å². The van der Waals surface area contributed by atoms with E-state index in [1.807, 2.05) is 18.2 Å². The molecule has 1 aromatic carbocycles. The van der Waals surface area contributed by atoms with E-state index >= 15 is 0 Å². The minimum atomic E-state index is -0.842. The Morgan fingerprint density at radius 2 is 1.59 bits per heavy atom. The maximum atomic E-state index is 11.9. The molecular formula is C19H18FeO7-. The van der Waals surface area contributed by atoms with Gasteiger partial charge < -0.3 is 14.6 Å². The molecule has 0 aliphatic rings. The van der Waals surface area contributed by atoms with Crippen LogP contribution in [0.1, 0.15) is 25.5 Å². The molecule has 3 radical (unpaired) electrons. The van der Waals surface area contributed by atoms with E-state index in [1.165, 1.54) is 19.3 Å². The standard InChI is InChI=1S/C16H18O4.3CO.Fe/c1-12(20-11-17)7-6-10-15(18)13(2)16(19)14-8-4-3-5-9-14;3*1-2;/h3-10,12-13,16,19H,1-2H3;;;;/q-1;;;;/t12-,13+,16+;;;;/m0..../s1. The second kappa shape index (κ2) is 24.1. The Balaban J connectivity index is -0.000000342. The maximum Gasteiger partial charge on any atom is 0 e. The van der Waals surface area contributed by atoms with Gasteiger partial charge in [-0.2, -0.15) is 0 Å². The Hall–Kier alpha value is -1.94. The Morgan fingerprint density at radius 3 is 2.04 bits per heavy atom. The molecule has 1 N–H and O–H groups in total. The van der Waals surface area contributed by atoms with Gasteiger partial charge in [-0.1, -0.05) is 43.7 Å². The summed E-state index contributed by atoms with van der Waals surface area (Å²) in [5.41, 5.74) is 0.706. The van der Waals surface area contributed by atoms with Crippen molar-refractivity contribution in [1.82, 2.24) is 0 Å². The van der Waals surface area contributed by atoms with Crippen molar-refractivity contribution in [3.63, 3.8) is 0 Å². The Morgan fingerprint density at radius 1 is 1.11 bits per heavy atom. The molecule has 0 bridgehead atoms. The second-order valence-electron chi connectivity index (χ2n) is 4.50. The average Bonchev–Trinajstić information content (AvgIpc) is 2.72. The van der Waals surface area contributed by atoms with Gasteiger partial charge >= 0.3 is 33.9 Å². The number of ether oxygens (including phenoxy) is 1. The summed E-state index contributed by atoms with van der Waals surface area (Å²) in [4.78, 5) is 21.9. The second-order valence-corrected chi connectivity index (χ2v) is 4.50. The zero-order chi connectivity index (χ0) is 21.0. The fourth-order valence-electron chi connectivity index (χ4n) is 1.67. The quantitative estimate of drug-likeness (QED) is 0.377. The van der Waals surface area contributed by atoms with E-state index < -0.39 is 18.1 Å². The zero-order valence-electron chi connectivity index (χ0n) is 14.6. The summed E-state index contributed by atoms with van der Waals surface area (Å²) in [6.45, 7) is 18.2. The molecule has 0 unspecified atom stereocenters. The van der Waals surface area contributed by atoms with Gasteiger partial charge in [0.1, 0.15) is 5.78 Å². The molecule has 0 saturated carbocycles. The van der Waals surface area contributed by atoms with Crippen molar-refractivity contribution in [2.75, 3.05) is 0 Å². The summed E-state index contributed by atoms with van der Waals surface area (Å²) >= 11 is 0. The number of hydrogen-bond acceptors (Lipinski definition) is 4. The number of Topliss-reactive ketones (excluding diaryl/α,β-unsaturated/α-hetero) is 1. The van der Waals surface area contributed by atoms with Crippen molar-refractivity contribution in [2.45, 2.75) is 26.1 Å². The molecule has 0 aliphatic carbocycles. The van der Waals surface area contributed by atoms with Gasteiger partial charge in [-0.25, -0.2) is 0 Å². The molecule has 27 heavy (non-hydrogen) atoms. The monoisotopic (exact) mass is 414 g/mol. The number of benzene rings is 1. The van der Waals surface area contributed by atoms with Crippen LogP contribution >= 0.6 is 0 Å². The third kappa shape index (κ3) is 16.0. The van der Waals surface area contributed by atoms with E-state index in [1.54, 1.807) is 32.4 Å². The van der Waals surface area contributed by atoms with Crippen LogP contribution in [-0.2, 0) is 45.4 Å². The van der Waals surface area contributed by atoms with Crippen LogP contribution in [0, 0.1) is 45.1 Å². The van der Waals surface area contributed by atoms with Crippen LogP contribution in [0.3, 0.4) is 0 Å². The van der Waals surface area contributed by atoms with Gasteiger partial charge in [0.2, 0.25) is 0 Å². The first-order valence-corrected chi connectivity index (χ1v) is 6.98. The maximum absolute atomic E-state index is 11.9. The molecule has 0 heterocycles. The third-order valence-corrected chi connectivity index (χ3v) is 2.94. The van der Waals surface area contributed by atoms with Crippen LogP contribution in [0.4, 0.5) is 0 Å². The Kier molecular flexibility index (Phi) is 29.1. The van der Waals surface area contributed by atoms with Crippen LogP contribution in [0.25, 0.3) is 0 Å². The van der Waals surface area contributed by atoms with Crippen molar-refractivity contribution in [1.29, 1.82) is 0 Å². The average molecular weight is 414 g/mol. The molecule has 0 aromatic heterocycles. The number of hydrogen-bond donors (Lipinski definition) is 1. The smallest absolute Gasteiger partial charge is 0 e. The first-order chi connectivity index (χ1) is 12.6. The van der Waals surface area contributed by atoms with Crippen LogP contribution in [0.2, 0.25) is 0 Å². The van der Waals surface area contributed by atoms with Gasteiger partial charge in [0.15, 0.2) is 0 Å². The van der Waals surface area contributed by atoms with Crippen molar-refractivity contribution >= 4 is 12.3 Å². The summed E-state index contributed by atoms with van der Waals surface area (Å²) in [5, 5.41) is 10.1. The van der Waals surface area contributed by atoms with Crippen LogP contribution in [0.15, 0.2) is 30.3 Å². The van der Waals surface area contributed by atoms with Gasteiger partial charge in [0.05, 0.1) is 12.2 Å². The van der Waals surface area contributed by atoms with Crippen molar-refractivity contribution in [3.05, 3.63) is 75.1 Å². The van der Waals surface area contributed by atoms with Crippen molar-refractivity contribution in [2.24, 2.45) is 5.92 Å². The van der Waals surface area contributed by atoms with Gasteiger partial charge in [-0.05, 0) is 18.9 Å². The van der Waals surface area contributed by atoms with Gasteiger partial charge in [-0.15, -0.1) is 0 Å². The van der Waals surface area contributed by atoms with E-state index in [9.17, 15) is 14.7 Å². The molecule has 8 heteroatoms. The first-order valence-electron chi connectivity index (χ1n) is 6.98. The van der Waals surface area contributed by atoms with E-state index in [0.717, 1.165) is 0 Å². The van der Waals surface area contributed by atoms with Crippen LogP contribution < -0.4 is 0 Å². The minimum Gasteiger partial charge on any atom is 0 e. The number of aliphatic hydroxyl groups is 1. The molecule has 1 aromatic rings. The van der Waals surface area contributed by atoms with Crippen molar-refractivity contribution in [3.8, 4) is 0 Å². The predicted molar refractivity (Wildman–Crippen MR) is 86.5 cm³/mol. The number of aliphatic hydroxyl groups excluding tert-OH is 1. The number of carbonyl (C=O) groups is 1. The Bertz CT molecular complexity index is 526. The first kappa shape index (κ1) is 32.7. The van der Waals surface area contributed by atoms with Crippen LogP contribution in [-0.4, -0.2) is 23.5 Å². The number of rotatable bonds is 9. The van der Waals surface area contributed by atoms with Gasteiger partial charge in [0.25, 0.3) is 0 Å². The summed E-state index contributed by atoms with van der Waals surface area (Å²) < 4.78 is 27.0. The molecule has 0 fully saturated rings. The van der Waals surface area contributed by atoms with E-state index in [2.05, 4.69) is 24.7 Å². The molecule has 0 aliphatic heterocycles. The third-order valence-electron chi connectivity index (χ3n) is 2.94. The molecule has 0 saturated heterocycles.